The molecular weight excluding hydrogens is 346 g/mol. The summed E-state index contributed by atoms with van der Waals surface area (Å²) in [5.41, 5.74) is 0. The standard InChI is InChI=1S/C16H33NO7Si/c1-6-23-15(18)9-12-17(13-10-16(19)24-7-2)11-8-14-25(20-3,21-4)22-5/h6-14H2,1-5H3. The third kappa shape index (κ3) is 10.6. The van der Waals surface area contributed by atoms with E-state index in [0.29, 0.717) is 38.9 Å². The maximum Gasteiger partial charge on any atom is 0.500 e. The molecule has 9 heteroatoms. The molecule has 8 nitrogen and oxygen atoms in total. The summed E-state index contributed by atoms with van der Waals surface area (Å²) in [5, 5.41) is 0. The third-order valence-corrected chi connectivity index (χ3v) is 6.60. The van der Waals surface area contributed by atoms with E-state index in [2.05, 4.69) is 0 Å². The first-order valence-corrected chi connectivity index (χ1v) is 10.6. The minimum absolute atomic E-state index is 0.238. The SMILES string of the molecule is CCOC(=O)CCN(CCC[Si](OC)(OC)OC)CCC(=O)OCC. The minimum Gasteiger partial charge on any atom is -0.466 e. The molecule has 0 saturated carbocycles. The van der Waals surface area contributed by atoms with Gasteiger partial charge in [-0.05, 0) is 26.8 Å². The second kappa shape index (κ2) is 14.2. The van der Waals surface area contributed by atoms with Crippen molar-refractivity contribution in [2.24, 2.45) is 0 Å². The van der Waals surface area contributed by atoms with Crippen LogP contribution in [-0.2, 0) is 32.3 Å². The average Bonchev–Trinajstić information content (AvgIpc) is 2.61. The molecule has 0 fully saturated rings. The van der Waals surface area contributed by atoms with Gasteiger partial charge in [0.05, 0.1) is 26.1 Å². The summed E-state index contributed by atoms with van der Waals surface area (Å²) < 4.78 is 26.1. The van der Waals surface area contributed by atoms with Crippen LogP contribution in [0.3, 0.4) is 0 Å². The fraction of sp³-hybridized carbons (Fsp3) is 0.875. The molecule has 0 aliphatic heterocycles. The van der Waals surface area contributed by atoms with Gasteiger partial charge in [-0.15, -0.1) is 0 Å². The Hall–Kier alpha value is -1.00. The molecule has 148 valence electrons. The van der Waals surface area contributed by atoms with Crippen LogP contribution in [0.15, 0.2) is 0 Å². The quantitative estimate of drug-likeness (QED) is 0.312. The number of esters is 2. The molecule has 0 aromatic rings. The zero-order valence-electron chi connectivity index (χ0n) is 16.2. The summed E-state index contributed by atoms with van der Waals surface area (Å²) in [6.07, 6.45) is 1.35. The third-order valence-electron chi connectivity index (χ3n) is 3.77. The van der Waals surface area contributed by atoms with E-state index in [-0.39, 0.29) is 24.8 Å². The zero-order valence-corrected chi connectivity index (χ0v) is 17.2. The van der Waals surface area contributed by atoms with Crippen LogP contribution in [0.1, 0.15) is 33.1 Å². The van der Waals surface area contributed by atoms with Crippen LogP contribution in [0.25, 0.3) is 0 Å². The molecule has 0 rings (SSSR count). The molecule has 0 unspecified atom stereocenters. The molecule has 0 aliphatic rings. The Morgan fingerprint density at radius 1 is 0.800 bits per heavy atom. The van der Waals surface area contributed by atoms with Gasteiger partial charge in [0, 0.05) is 40.5 Å². The van der Waals surface area contributed by atoms with Gasteiger partial charge in [-0.2, -0.15) is 0 Å². The molecular formula is C16H33NO7Si. The molecule has 0 atom stereocenters. The van der Waals surface area contributed by atoms with Gasteiger partial charge in [-0.3, -0.25) is 9.59 Å². The fourth-order valence-electron chi connectivity index (χ4n) is 2.38. The van der Waals surface area contributed by atoms with Gasteiger partial charge in [0.25, 0.3) is 0 Å². The lowest BCUT2D eigenvalue weighted by Crippen LogP contribution is -2.43. The van der Waals surface area contributed by atoms with E-state index in [1.165, 1.54) is 0 Å². The van der Waals surface area contributed by atoms with Gasteiger partial charge < -0.3 is 27.7 Å². The van der Waals surface area contributed by atoms with E-state index in [9.17, 15) is 9.59 Å². The first kappa shape index (κ1) is 24.0. The molecule has 0 bridgehead atoms. The van der Waals surface area contributed by atoms with Crippen molar-refractivity contribution in [3.05, 3.63) is 0 Å². The zero-order chi connectivity index (χ0) is 19.1. The monoisotopic (exact) mass is 379 g/mol. The van der Waals surface area contributed by atoms with Gasteiger partial charge in [-0.1, -0.05) is 0 Å². The first-order valence-electron chi connectivity index (χ1n) is 8.65. The van der Waals surface area contributed by atoms with Crippen molar-refractivity contribution < 1.29 is 32.3 Å². The highest BCUT2D eigenvalue weighted by atomic mass is 28.4. The Morgan fingerprint density at radius 2 is 1.24 bits per heavy atom. The highest BCUT2D eigenvalue weighted by molar-refractivity contribution is 6.60. The van der Waals surface area contributed by atoms with Crippen molar-refractivity contribution in [1.29, 1.82) is 0 Å². The second-order valence-corrected chi connectivity index (χ2v) is 8.44. The minimum atomic E-state index is -2.61. The number of carbonyl (C=O) groups excluding carboxylic acids is 2. The topological polar surface area (TPSA) is 83.5 Å². The van der Waals surface area contributed by atoms with Gasteiger partial charge in [0.2, 0.25) is 0 Å². The Morgan fingerprint density at radius 3 is 1.60 bits per heavy atom. The largest absolute Gasteiger partial charge is 0.500 e. The Bertz CT molecular complexity index is 347. The van der Waals surface area contributed by atoms with E-state index in [4.69, 9.17) is 22.8 Å². The van der Waals surface area contributed by atoms with Gasteiger partial charge in [0.1, 0.15) is 0 Å². The van der Waals surface area contributed by atoms with Crippen LogP contribution in [0.4, 0.5) is 0 Å². The number of hydrogen-bond acceptors (Lipinski definition) is 8. The maximum atomic E-state index is 11.6. The number of ether oxygens (including phenoxy) is 2. The molecule has 0 heterocycles. The van der Waals surface area contributed by atoms with Crippen LogP contribution in [-0.4, -0.2) is 79.8 Å². The maximum absolute atomic E-state index is 11.6. The normalized spacial score (nSPS) is 11.6. The highest BCUT2D eigenvalue weighted by Gasteiger charge is 2.37. The van der Waals surface area contributed by atoms with E-state index in [1.807, 2.05) is 4.90 Å². The molecule has 0 amide bonds. The smallest absolute Gasteiger partial charge is 0.466 e. The molecule has 0 aromatic heterocycles. The van der Waals surface area contributed by atoms with Crippen LogP contribution in [0.5, 0.6) is 0 Å². The molecule has 0 saturated heterocycles. The summed E-state index contributed by atoms with van der Waals surface area (Å²) in [7, 11) is 2.14. The molecule has 0 spiro atoms. The molecule has 0 N–H and O–H groups in total. The lowest BCUT2D eigenvalue weighted by Gasteiger charge is -2.26. The van der Waals surface area contributed by atoms with E-state index in [1.54, 1.807) is 35.2 Å². The summed E-state index contributed by atoms with van der Waals surface area (Å²) in [5.74, 6) is -0.476. The number of nitrogens with zero attached hydrogens (tertiary/aromatic N) is 1. The predicted octanol–water partition coefficient (Wildman–Crippen LogP) is 1.46. The van der Waals surface area contributed by atoms with Gasteiger partial charge in [0.15, 0.2) is 0 Å². The van der Waals surface area contributed by atoms with Crippen molar-refractivity contribution >= 4 is 20.7 Å². The number of rotatable bonds is 15. The van der Waals surface area contributed by atoms with E-state index in [0.717, 1.165) is 6.42 Å². The van der Waals surface area contributed by atoms with Gasteiger partial charge >= 0.3 is 20.7 Å². The summed E-state index contributed by atoms with van der Waals surface area (Å²) in [6, 6.07) is 0.659. The van der Waals surface area contributed by atoms with E-state index < -0.39 is 8.80 Å². The van der Waals surface area contributed by atoms with E-state index >= 15 is 0 Å². The fourth-order valence-corrected chi connectivity index (χ4v) is 4.08. The summed E-state index contributed by atoms with van der Waals surface area (Å²) >= 11 is 0. The van der Waals surface area contributed by atoms with Crippen molar-refractivity contribution in [3.63, 3.8) is 0 Å². The van der Waals surface area contributed by atoms with Crippen LogP contribution in [0, 0.1) is 0 Å². The van der Waals surface area contributed by atoms with Crippen molar-refractivity contribution in [1.82, 2.24) is 4.90 Å². The Balaban J connectivity index is 4.49. The van der Waals surface area contributed by atoms with Crippen molar-refractivity contribution in [3.8, 4) is 0 Å². The molecule has 0 aliphatic carbocycles. The molecule has 25 heavy (non-hydrogen) atoms. The lowest BCUT2D eigenvalue weighted by molar-refractivity contribution is -0.143. The molecule has 0 radical (unpaired) electrons. The summed E-state index contributed by atoms with van der Waals surface area (Å²) in [4.78, 5) is 25.2. The van der Waals surface area contributed by atoms with Crippen LogP contribution >= 0.6 is 0 Å². The van der Waals surface area contributed by atoms with Crippen molar-refractivity contribution in [2.45, 2.75) is 39.2 Å². The first-order chi connectivity index (χ1) is 12.0. The summed E-state index contributed by atoms with van der Waals surface area (Å²) in [6.45, 7) is 6.04. The van der Waals surface area contributed by atoms with Gasteiger partial charge in [-0.25, -0.2) is 0 Å². The average molecular weight is 380 g/mol. The molecule has 0 aromatic carbocycles. The second-order valence-electron chi connectivity index (χ2n) is 5.35. The van der Waals surface area contributed by atoms with Crippen LogP contribution in [0.2, 0.25) is 6.04 Å². The van der Waals surface area contributed by atoms with Crippen molar-refractivity contribution in [2.75, 3.05) is 54.2 Å². The van der Waals surface area contributed by atoms with Crippen LogP contribution < -0.4 is 0 Å². The Labute approximate surface area is 152 Å². The Kier molecular flexibility index (Phi) is 13.6. The highest BCUT2D eigenvalue weighted by Crippen LogP contribution is 2.15. The predicted molar refractivity (Wildman–Crippen MR) is 95.1 cm³/mol. The number of carbonyl (C=O) groups is 2. The number of hydrogen-bond donors (Lipinski definition) is 0. The lowest BCUT2D eigenvalue weighted by atomic mass is 10.3.